The molecule has 0 atom stereocenters. The average Bonchev–Trinajstić information content (AvgIpc) is 3.18. The monoisotopic (exact) mass is 688 g/mol. The van der Waals surface area contributed by atoms with Crippen LogP contribution in [-0.4, -0.2) is 0 Å². The summed E-state index contributed by atoms with van der Waals surface area (Å²) in [7, 11) is 0. The van der Waals surface area contributed by atoms with E-state index in [1.807, 2.05) is 36.4 Å². The van der Waals surface area contributed by atoms with Gasteiger partial charge in [-0.3, -0.25) is 0 Å². The van der Waals surface area contributed by atoms with Crippen molar-refractivity contribution in [3.05, 3.63) is 168 Å². The Labute approximate surface area is 305 Å². The normalized spacial score (nSPS) is 12.5. The Morgan fingerprint density at radius 3 is 1.12 bits per heavy atom. The lowest BCUT2D eigenvalue weighted by Gasteiger charge is -2.38. The zero-order chi connectivity index (χ0) is 34.5. The molecule has 0 bridgehead atoms. The molecule has 0 unspecified atom stereocenters. The van der Waals surface area contributed by atoms with E-state index < -0.39 is 0 Å². The molecule has 0 amide bonds. The first-order valence-corrected chi connectivity index (χ1v) is 18.3. The summed E-state index contributed by atoms with van der Waals surface area (Å²) in [6.45, 7) is 2.18. The molecule has 9 rings (SSSR count). The van der Waals surface area contributed by atoms with E-state index in [0.717, 1.165) is 61.9 Å². The van der Waals surface area contributed by atoms with E-state index in [9.17, 15) is 10.5 Å². The van der Waals surface area contributed by atoms with Crippen molar-refractivity contribution in [1.82, 2.24) is 0 Å². The molecule has 2 aliphatic rings. The van der Waals surface area contributed by atoms with Gasteiger partial charge < -0.3 is 9.80 Å². The second-order valence-corrected chi connectivity index (χ2v) is 14.6. The van der Waals surface area contributed by atoms with Crippen molar-refractivity contribution in [3.63, 3.8) is 0 Å². The molecule has 0 aromatic heterocycles. The van der Waals surface area contributed by atoms with Gasteiger partial charge in [0.15, 0.2) is 0 Å². The molecule has 7 aromatic carbocycles. The van der Waals surface area contributed by atoms with E-state index in [-0.39, 0.29) is 0 Å². The van der Waals surface area contributed by atoms with Crippen LogP contribution in [0.4, 0.5) is 34.1 Å². The minimum Gasteiger partial charge on any atom is -0.308 e. The van der Waals surface area contributed by atoms with E-state index in [1.165, 1.54) is 19.6 Å². The molecule has 51 heavy (non-hydrogen) atoms. The van der Waals surface area contributed by atoms with Gasteiger partial charge in [-0.15, -0.1) is 0 Å². The summed E-state index contributed by atoms with van der Waals surface area (Å²) in [5.41, 5.74) is 12.6. The summed E-state index contributed by atoms with van der Waals surface area (Å²) in [4.78, 5) is 9.45. The van der Waals surface area contributed by atoms with Gasteiger partial charge in [0.05, 0.1) is 57.4 Å². The molecule has 240 valence electrons. The largest absolute Gasteiger partial charge is 0.308 e. The lowest BCUT2D eigenvalue weighted by Crippen LogP contribution is -2.20. The maximum absolute atomic E-state index is 10.0. The number of nitrogens with zero attached hydrogens (tertiary/aromatic N) is 4. The third-order valence-electron chi connectivity index (χ3n) is 9.44. The fraction of sp³-hybridized carbons (Fsp3) is 0.0222. The first kappa shape index (κ1) is 30.8. The van der Waals surface area contributed by atoms with Crippen LogP contribution in [0.15, 0.2) is 171 Å². The van der Waals surface area contributed by atoms with Crippen LogP contribution < -0.4 is 9.80 Å². The lowest BCUT2D eigenvalue weighted by atomic mass is 9.87. The average molecular weight is 689 g/mol. The summed E-state index contributed by atoms with van der Waals surface area (Å²) < 4.78 is 0. The van der Waals surface area contributed by atoms with Crippen molar-refractivity contribution in [1.29, 1.82) is 10.5 Å². The van der Waals surface area contributed by atoms with Crippen LogP contribution in [0.3, 0.4) is 0 Å². The number of anilines is 6. The number of hydrogen-bond acceptors (Lipinski definition) is 6. The highest BCUT2D eigenvalue weighted by atomic mass is 32.2. The van der Waals surface area contributed by atoms with E-state index in [4.69, 9.17) is 0 Å². The summed E-state index contributed by atoms with van der Waals surface area (Å²) in [6.07, 6.45) is 0. The Balaban J connectivity index is 1.46. The summed E-state index contributed by atoms with van der Waals surface area (Å²) >= 11 is 3.56. The Hall–Kier alpha value is -6.18. The molecule has 4 nitrogen and oxygen atoms in total. The number of fused-ring (bicyclic) bond motifs is 4. The maximum Gasteiger partial charge on any atom is 0.0991 e. The van der Waals surface area contributed by atoms with Crippen molar-refractivity contribution in [2.75, 3.05) is 9.80 Å². The van der Waals surface area contributed by atoms with Gasteiger partial charge >= 0.3 is 0 Å². The third-order valence-corrected chi connectivity index (χ3v) is 11.7. The molecule has 0 fully saturated rings. The first-order chi connectivity index (χ1) is 25.1. The molecule has 2 aliphatic heterocycles. The van der Waals surface area contributed by atoms with Gasteiger partial charge in [-0.25, -0.2) is 0 Å². The molecular formula is C45H28N4S2. The van der Waals surface area contributed by atoms with Gasteiger partial charge in [0.2, 0.25) is 0 Å². The zero-order valence-corrected chi connectivity index (χ0v) is 29.2. The van der Waals surface area contributed by atoms with E-state index in [1.54, 1.807) is 23.5 Å². The van der Waals surface area contributed by atoms with Crippen molar-refractivity contribution in [3.8, 4) is 34.4 Å². The molecule has 0 saturated heterocycles. The highest BCUT2D eigenvalue weighted by Gasteiger charge is 2.33. The van der Waals surface area contributed by atoms with Crippen molar-refractivity contribution in [2.45, 2.75) is 26.5 Å². The molecule has 0 radical (unpaired) electrons. The molecular weight excluding hydrogens is 661 g/mol. The SMILES string of the molecule is Cc1c(-c2cccc(C#N)c2)c(N2c3ccccc3Sc3ccccc32)cc(N2c3ccccc3Sc3ccccc32)c1-c1cccc(C#N)c1. The number of nitriles is 2. The minimum absolute atomic E-state index is 0.598. The van der Waals surface area contributed by atoms with Crippen molar-refractivity contribution < 1.29 is 0 Å². The second-order valence-electron chi connectivity index (χ2n) is 12.4. The summed E-state index contributed by atoms with van der Waals surface area (Å²) in [6, 6.07) is 57.1. The van der Waals surface area contributed by atoms with Crippen LogP contribution in [-0.2, 0) is 0 Å². The van der Waals surface area contributed by atoms with Crippen LogP contribution in [0.1, 0.15) is 16.7 Å². The highest BCUT2D eigenvalue weighted by Crippen LogP contribution is 2.59. The second kappa shape index (κ2) is 12.6. The van der Waals surface area contributed by atoms with Crippen LogP contribution in [0.2, 0.25) is 0 Å². The Kier molecular flexibility index (Phi) is 7.63. The number of benzene rings is 7. The Morgan fingerprint density at radius 1 is 0.412 bits per heavy atom. The number of rotatable bonds is 4. The predicted molar refractivity (Wildman–Crippen MR) is 209 cm³/mol. The van der Waals surface area contributed by atoms with Gasteiger partial charge in [0.1, 0.15) is 0 Å². The molecule has 0 aliphatic carbocycles. The van der Waals surface area contributed by atoms with E-state index in [0.29, 0.717) is 11.1 Å². The maximum atomic E-state index is 10.0. The van der Waals surface area contributed by atoms with Gasteiger partial charge in [0, 0.05) is 30.7 Å². The molecule has 0 saturated carbocycles. The Morgan fingerprint density at radius 2 is 0.765 bits per heavy atom. The smallest absolute Gasteiger partial charge is 0.0991 e. The standard InChI is InChI=1S/C45H28N4S2/c1-29-44(32-14-10-12-30(24-32)27-46)38(48-34-16-2-6-20-40(34)50-41-21-7-3-17-35(41)48)26-39(45(29)33-15-11-13-31(25-33)28-47)49-36-18-4-8-22-42(36)51-43-23-9-5-19-37(43)49/h2-26H,1H3. The number of para-hydroxylation sites is 4. The van der Waals surface area contributed by atoms with Crippen LogP contribution in [0.5, 0.6) is 0 Å². The zero-order valence-electron chi connectivity index (χ0n) is 27.5. The van der Waals surface area contributed by atoms with Crippen LogP contribution >= 0.6 is 23.5 Å². The van der Waals surface area contributed by atoms with Gasteiger partial charge in [-0.05, 0) is 102 Å². The summed E-state index contributed by atoms with van der Waals surface area (Å²) in [5.74, 6) is 0. The third kappa shape index (κ3) is 5.16. The van der Waals surface area contributed by atoms with Gasteiger partial charge in [-0.1, -0.05) is 96.3 Å². The first-order valence-electron chi connectivity index (χ1n) is 16.6. The van der Waals surface area contributed by atoms with Crippen molar-refractivity contribution in [2.24, 2.45) is 0 Å². The molecule has 2 heterocycles. The topological polar surface area (TPSA) is 54.1 Å². The fourth-order valence-corrected chi connectivity index (χ4v) is 9.40. The van der Waals surface area contributed by atoms with E-state index >= 15 is 0 Å². The lowest BCUT2D eigenvalue weighted by molar-refractivity contribution is 1.14. The number of hydrogen-bond donors (Lipinski definition) is 0. The highest BCUT2D eigenvalue weighted by molar-refractivity contribution is 8.00. The van der Waals surface area contributed by atoms with Gasteiger partial charge in [0.25, 0.3) is 0 Å². The van der Waals surface area contributed by atoms with E-state index in [2.05, 4.69) is 144 Å². The van der Waals surface area contributed by atoms with Crippen LogP contribution in [0.25, 0.3) is 22.3 Å². The van der Waals surface area contributed by atoms with Crippen molar-refractivity contribution >= 4 is 57.6 Å². The molecule has 0 spiro atoms. The van der Waals surface area contributed by atoms with Gasteiger partial charge in [-0.2, -0.15) is 10.5 Å². The minimum atomic E-state index is 0.598. The molecule has 7 aromatic rings. The summed E-state index contributed by atoms with van der Waals surface area (Å²) in [5, 5.41) is 20.1. The fourth-order valence-electron chi connectivity index (χ4n) is 7.28. The molecule has 6 heteroatoms. The Bertz CT molecular complexity index is 2350. The quantitative estimate of drug-likeness (QED) is 0.183. The molecule has 0 N–H and O–H groups in total. The predicted octanol–water partition coefficient (Wildman–Crippen LogP) is 12.9. The van der Waals surface area contributed by atoms with Crippen LogP contribution in [0, 0.1) is 29.6 Å².